The van der Waals surface area contributed by atoms with E-state index in [-0.39, 0.29) is 24.9 Å². The molecule has 1 aliphatic rings. The zero-order chi connectivity index (χ0) is 20.3. The monoisotopic (exact) mass is 419 g/mol. The first-order valence-corrected chi connectivity index (χ1v) is 10.2. The maximum atomic E-state index is 12.6. The highest BCUT2D eigenvalue weighted by atomic mass is 35.5. The molecule has 0 bridgehead atoms. The van der Waals surface area contributed by atoms with Crippen LogP contribution in [-0.2, 0) is 20.9 Å². The molecule has 0 spiro atoms. The third-order valence-electron chi connectivity index (χ3n) is 5.21. The molecule has 1 fully saturated rings. The van der Waals surface area contributed by atoms with Crippen molar-refractivity contribution in [1.82, 2.24) is 0 Å². The second-order valence-corrected chi connectivity index (χ2v) is 7.96. The van der Waals surface area contributed by atoms with Gasteiger partial charge in [0, 0.05) is 34.3 Å². The molecule has 1 amide bonds. The van der Waals surface area contributed by atoms with E-state index in [4.69, 9.17) is 27.9 Å². The summed E-state index contributed by atoms with van der Waals surface area (Å²) in [7, 11) is 0. The molecule has 28 heavy (non-hydrogen) atoms. The summed E-state index contributed by atoms with van der Waals surface area (Å²) in [6.07, 6.45) is 1.13. The Morgan fingerprint density at radius 1 is 1.25 bits per heavy atom. The summed E-state index contributed by atoms with van der Waals surface area (Å²) in [5, 5.41) is 0.976. The van der Waals surface area contributed by atoms with E-state index in [9.17, 15) is 9.59 Å². The number of hydrogen-bond acceptors (Lipinski definition) is 3. The summed E-state index contributed by atoms with van der Waals surface area (Å²) in [6.45, 7) is 4.65. The van der Waals surface area contributed by atoms with E-state index in [0.29, 0.717) is 28.1 Å². The minimum Gasteiger partial charge on any atom is -0.460 e. The summed E-state index contributed by atoms with van der Waals surface area (Å²) in [5.74, 6) is -0.587. The van der Waals surface area contributed by atoms with E-state index < -0.39 is 5.92 Å². The Morgan fingerprint density at radius 2 is 2.00 bits per heavy atom. The van der Waals surface area contributed by atoms with Crippen molar-refractivity contribution in [3.8, 4) is 0 Å². The molecule has 3 rings (SSSR count). The summed E-state index contributed by atoms with van der Waals surface area (Å²) >= 11 is 12.0. The number of carbonyl (C=O) groups is 2. The van der Waals surface area contributed by atoms with Gasteiger partial charge in [-0.05, 0) is 36.1 Å². The number of para-hydroxylation sites is 1. The maximum Gasteiger partial charge on any atom is 0.311 e. The number of ether oxygens (including phenoxy) is 1. The van der Waals surface area contributed by atoms with E-state index in [1.807, 2.05) is 24.3 Å². The number of rotatable bonds is 6. The number of amides is 1. The fraction of sp³-hybridized carbons (Fsp3) is 0.364. The lowest BCUT2D eigenvalue weighted by atomic mass is 9.96. The number of hydrogen-bond donors (Lipinski definition) is 0. The van der Waals surface area contributed by atoms with Crippen molar-refractivity contribution in [2.75, 3.05) is 11.4 Å². The molecule has 0 unspecified atom stereocenters. The standard InChI is InChI=1S/C22H23Cl2NO3/c1-3-14(2)18-6-4-5-7-20(18)25-12-16(10-21(25)26)22(27)28-13-15-8-9-17(23)11-19(15)24/h4-9,11,14,16H,3,10,12-13H2,1-2H3/t14-,16+/m1/s1. The van der Waals surface area contributed by atoms with Crippen LogP contribution in [0, 0.1) is 5.92 Å². The van der Waals surface area contributed by atoms with Gasteiger partial charge in [0.05, 0.1) is 5.92 Å². The molecule has 0 aromatic heterocycles. The molecule has 1 aliphatic heterocycles. The lowest BCUT2D eigenvalue weighted by Crippen LogP contribution is -2.27. The summed E-state index contributed by atoms with van der Waals surface area (Å²) in [6, 6.07) is 12.9. The normalized spacial score (nSPS) is 17.6. The van der Waals surface area contributed by atoms with Crippen molar-refractivity contribution in [1.29, 1.82) is 0 Å². The van der Waals surface area contributed by atoms with E-state index in [1.54, 1.807) is 23.1 Å². The van der Waals surface area contributed by atoms with Crippen LogP contribution < -0.4 is 4.90 Å². The molecule has 4 nitrogen and oxygen atoms in total. The van der Waals surface area contributed by atoms with Crippen LogP contribution in [0.3, 0.4) is 0 Å². The largest absolute Gasteiger partial charge is 0.460 e. The first-order chi connectivity index (χ1) is 13.4. The van der Waals surface area contributed by atoms with Crippen molar-refractivity contribution in [2.24, 2.45) is 5.92 Å². The minimum atomic E-state index is -0.483. The molecule has 0 saturated carbocycles. The molecule has 6 heteroatoms. The second kappa shape index (κ2) is 8.97. The minimum absolute atomic E-state index is 0.0535. The lowest BCUT2D eigenvalue weighted by molar-refractivity contribution is -0.149. The molecule has 1 saturated heterocycles. The summed E-state index contributed by atoms with van der Waals surface area (Å²) in [4.78, 5) is 26.8. The Morgan fingerprint density at radius 3 is 2.71 bits per heavy atom. The van der Waals surface area contributed by atoms with E-state index in [0.717, 1.165) is 17.7 Å². The number of carbonyl (C=O) groups excluding carboxylic acids is 2. The molecule has 0 N–H and O–H groups in total. The number of halogens is 2. The zero-order valence-corrected chi connectivity index (χ0v) is 17.5. The van der Waals surface area contributed by atoms with E-state index in [2.05, 4.69) is 13.8 Å². The van der Waals surface area contributed by atoms with Crippen LogP contribution in [0.2, 0.25) is 10.0 Å². The van der Waals surface area contributed by atoms with E-state index >= 15 is 0 Å². The van der Waals surface area contributed by atoms with Gasteiger partial charge in [0.1, 0.15) is 6.61 Å². The fourth-order valence-electron chi connectivity index (χ4n) is 3.37. The third-order valence-corrected chi connectivity index (χ3v) is 5.80. The molecule has 0 radical (unpaired) electrons. The predicted molar refractivity (Wildman–Crippen MR) is 112 cm³/mol. The topological polar surface area (TPSA) is 46.6 Å². The van der Waals surface area contributed by atoms with Crippen LogP contribution in [-0.4, -0.2) is 18.4 Å². The van der Waals surface area contributed by atoms with Gasteiger partial charge in [0.15, 0.2) is 0 Å². The molecule has 2 aromatic carbocycles. The van der Waals surface area contributed by atoms with Crippen LogP contribution in [0.15, 0.2) is 42.5 Å². The summed E-state index contributed by atoms with van der Waals surface area (Å²) in [5.41, 5.74) is 2.70. The average molecular weight is 420 g/mol. The van der Waals surface area contributed by atoms with Gasteiger partial charge in [-0.1, -0.05) is 61.3 Å². The first kappa shape index (κ1) is 20.7. The van der Waals surface area contributed by atoms with Crippen molar-refractivity contribution >= 4 is 40.8 Å². The van der Waals surface area contributed by atoms with Crippen molar-refractivity contribution in [3.05, 3.63) is 63.6 Å². The van der Waals surface area contributed by atoms with Gasteiger partial charge < -0.3 is 9.64 Å². The smallest absolute Gasteiger partial charge is 0.311 e. The van der Waals surface area contributed by atoms with Crippen LogP contribution in [0.1, 0.15) is 43.7 Å². The van der Waals surface area contributed by atoms with Gasteiger partial charge in [0.25, 0.3) is 0 Å². The molecular weight excluding hydrogens is 397 g/mol. The van der Waals surface area contributed by atoms with Gasteiger partial charge in [-0.3, -0.25) is 9.59 Å². The number of esters is 1. The van der Waals surface area contributed by atoms with E-state index in [1.165, 1.54) is 0 Å². The Labute approximate surface area is 175 Å². The molecular formula is C22H23Cl2NO3. The third kappa shape index (κ3) is 4.50. The van der Waals surface area contributed by atoms with Crippen LogP contribution in [0.4, 0.5) is 5.69 Å². The Hall–Kier alpha value is -2.04. The predicted octanol–water partition coefficient (Wildman–Crippen LogP) is 5.60. The van der Waals surface area contributed by atoms with Crippen LogP contribution in [0.25, 0.3) is 0 Å². The van der Waals surface area contributed by atoms with Gasteiger partial charge in [-0.25, -0.2) is 0 Å². The molecule has 0 aliphatic carbocycles. The van der Waals surface area contributed by atoms with Gasteiger partial charge in [0.2, 0.25) is 5.91 Å². The highest BCUT2D eigenvalue weighted by Gasteiger charge is 2.37. The first-order valence-electron chi connectivity index (χ1n) is 9.40. The number of benzene rings is 2. The molecule has 148 valence electrons. The van der Waals surface area contributed by atoms with Gasteiger partial charge in [-0.15, -0.1) is 0 Å². The highest BCUT2D eigenvalue weighted by Crippen LogP contribution is 2.34. The SMILES string of the molecule is CC[C@@H](C)c1ccccc1N1C[C@@H](C(=O)OCc2ccc(Cl)cc2Cl)CC1=O. The Bertz CT molecular complexity index is 884. The Balaban J connectivity index is 1.68. The molecule has 2 atom stereocenters. The average Bonchev–Trinajstić information content (AvgIpc) is 3.08. The zero-order valence-electron chi connectivity index (χ0n) is 16.0. The second-order valence-electron chi connectivity index (χ2n) is 7.12. The number of anilines is 1. The molecule has 1 heterocycles. The number of nitrogens with zero attached hydrogens (tertiary/aromatic N) is 1. The highest BCUT2D eigenvalue weighted by molar-refractivity contribution is 6.35. The van der Waals surface area contributed by atoms with Crippen molar-refractivity contribution in [3.63, 3.8) is 0 Å². The van der Waals surface area contributed by atoms with Gasteiger partial charge in [-0.2, -0.15) is 0 Å². The van der Waals surface area contributed by atoms with Gasteiger partial charge >= 0.3 is 5.97 Å². The quantitative estimate of drug-likeness (QED) is 0.572. The Kier molecular flexibility index (Phi) is 6.63. The van der Waals surface area contributed by atoms with Crippen LogP contribution in [0.5, 0.6) is 0 Å². The molecule has 2 aromatic rings. The lowest BCUT2D eigenvalue weighted by Gasteiger charge is -2.23. The summed E-state index contributed by atoms with van der Waals surface area (Å²) < 4.78 is 5.42. The fourth-order valence-corrected chi connectivity index (χ4v) is 3.84. The maximum absolute atomic E-state index is 12.6. The van der Waals surface area contributed by atoms with Crippen LogP contribution >= 0.6 is 23.2 Å². The van der Waals surface area contributed by atoms with Crippen molar-refractivity contribution in [2.45, 2.75) is 39.2 Å². The van der Waals surface area contributed by atoms with Crippen molar-refractivity contribution < 1.29 is 14.3 Å².